The molecular formula is C10H14N4O. The highest BCUT2D eigenvalue weighted by Gasteiger charge is 2.03. The lowest BCUT2D eigenvalue weighted by molar-refractivity contribution is 0.128. The molecule has 0 amide bonds. The van der Waals surface area contributed by atoms with Crippen molar-refractivity contribution in [3.8, 4) is 6.07 Å². The molecule has 0 spiro atoms. The lowest BCUT2D eigenvalue weighted by Gasteiger charge is -2.11. The van der Waals surface area contributed by atoms with Gasteiger partial charge in [0, 0.05) is 13.7 Å². The number of pyridine rings is 1. The van der Waals surface area contributed by atoms with Gasteiger partial charge in [-0.2, -0.15) is 5.26 Å². The number of rotatable bonds is 4. The normalized spacial score (nSPS) is 11.8. The number of nitrogen functional groups attached to an aromatic ring is 1. The molecule has 0 aliphatic rings. The second-order valence-corrected chi connectivity index (χ2v) is 3.17. The molecule has 0 radical (unpaired) electrons. The Morgan fingerprint density at radius 1 is 1.67 bits per heavy atom. The summed E-state index contributed by atoms with van der Waals surface area (Å²) in [6.07, 6.45) is 0.0925. The average molecular weight is 206 g/mol. The van der Waals surface area contributed by atoms with Crippen molar-refractivity contribution in [2.75, 3.05) is 24.7 Å². The van der Waals surface area contributed by atoms with E-state index in [2.05, 4.69) is 10.3 Å². The van der Waals surface area contributed by atoms with Crippen LogP contribution < -0.4 is 11.1 Å². The second-order valence-electron chi connectivity index (χ2n) is 3.17. The summed E-state index contributed by atoms with van der Waals surface area (Å²) in [5.41, 5.74) is 6.18. The minimum atomic E-state index is 0.0925. The third kappa shape index (κ3) is 3.11. The largest absolute Gasteiger partial charge is 0.396 e. The van der Waals surface area contributed by atoms with Crippen LogP contribution in [0.5, 0.6) is 0 Å². The van der Waals surface area contributed by atoms with E-state index < -0.39 is 0 Å². The van der Waals surface area contributed by atoms with E-state index in [1.54, 1.807) is 19.2 Å². The van der Waals surface area contributed by atoms with Gasteiger partial charge in [-0.05, 0) is 19.1 Å². The Morgan fingerprint density at radius 3 is 3.00 bits per heavy atom. The van der Waals surface area contributed by atoms with Gasteiger partial charge in [-0.3, -0.25) is 0 Å². The first-order valence-electron chi connectivity index (χ1n) is 4.60. The fourth-order valence-corrected chi connectivity index (χ4v) is 0.990. The van der Waals surface area contributed by atoms with Crippen molar-refractivity contribution >= 4 is 11.5 Å². The number of anilines is 2. The van der Waals surface area contributed by atoms with E-state index in [4.69, 9.17) is 15.7 Å². The van der Waals surface area contributed by atoms with Gasteiger partial charge in [-0.15, -0.1) is 0 Å². The van der Waals surface area contributed by atoms with E-state index in [0.29, 0.717) is 18.1 Å². The third-order valence-corrected chi connectivity index (χ3v) is 2.01. The van der Waals surface area contributed by atoms with Crippen molar-refractivity contribution in [1.29, 1.82) is 5.26 Å². The predicted molar refractivity (Wildman–Crippen MR) is 58.3 cm³/mol. The van der Waals surface area contributed by atoms with Crippen molar-refractivity contribution in [3.05, 3.63) is 17.8 Å². The van der Waals surface area contributed by atoms with E-state index >= 15 is 0 Å². The minimum Gasteiger partial charge on any atom is -0.396 e. The topological polar surface area (TPSA) is 84.0 Å². The number of nitrogens with two attached hydrogens (primary N) is 1. The highest BCUT2D eigenvalue weighted by Crippen LogP contribution is 2.11. The summed E-state index contributed by atoms with van der Waals surface area (Å²) in [4.78, 5) is 4.04. The quantitative estimate of drug-likeness (QED) is 0.767. The summed E-state index contributed by atoms with van der Waals surface area (Å²) in [6, 6.07) is 5.32. The molecule has 0 aromatic carbocycles. The smallest absolute Gasteiger partial charge is 0.165 e. The third-order valence-electron chi connectivity index (χ3n) is 2.01. The van der Waals surface area contributed by atoms with Gasteiger partial charge < -0.3 is 15.8 Å². The van der Waals surface area contributed by atoms with Crippen LogP contribution in [0.25, 0.3) is 0 Å². The molecule has 5 nitrogen and oxygen atoms in total. The van der Waals surface area contributed by atoms with E-state index in [9.17, 15) is 0 Å². The molecule has 1 heterocycles. The summed E-state index contributed by atoms with van der Waals surface area (Å²) in [6.45, 7) is 2.58. The van der Waals surface area contributed by atoms with E-state index in [0.717, 1.165) is 0 Å². The van der Waals surface area contributed by atoms with Gasteiger partial charge in [-0.25, -0.2) is 4.98 Å². The number of nitrogens with one attached hydrogen (secondary N) is 1. The van der Waals surface area contributed by atoms with E-state index in [1.807, 2.05) is 13.0 Å². The zero-order valence-corrected chi connectivity index (χ0v) is 8.82. The molecule has 1 unspecified atom stereocenters. The standard InChI is InChI=1S/C10H14N4O/c1-7(15-2)6-13-10-4-3-8(12)9(5-11)14-10/h3-4,7H,6,12H2,1-2H3,(H,13,14). The van der Waals surface area contributed by atoms with Crippen LogP contribution in [0.2, 0.25) is 0 Å². The average Bonchev–Trinajstić information content (AvgIpc) is 2.27. The lowest BCUT2D eigenvalue weighted by atomic mass is 10.3. The summed E-state index contributed by atoms with van der Waals surface area (Å²) < 4.78 is 5.07. The van der Waals surface area contributed by atoms with Crippen LogP contribution in [0.3, 0.4) is 0 Å². The van der Waals surface area contributed by atoms with Crippen molar-refractivity contribution in [3.63, 3.8) is 0 Å². The first kappa shape index (κ1) is 11.3. The number of aromatic nitrogens is 1. The first-order valence-corrected chi connectivity index (χ1v) is 4.60. The number of ether oxygens (including phenoxy) is 1. The molecule has 15 heavy (non-hydrogen) atoms. The number of nitriles is 1. The summed E-state index contributed by atoms with van der Waals surface area (Å²) >= 11 is 0. The van der Waals surface area contributed by atoms with Gasteiger partial charge >= 0.3 is 0 Å². The zero-order valence-electron chi connectivity index (χ0n) is 8.82. The minimum absolute atomic E-state index is 0.0925. The molecule has 0 saturated heterocycles. The molecule has 0 aliphatic heterocycles. The van der Waals surface area contributed by atoms with Crippen LogP contribution in [0.4, 0.5) is 11.5 Å². The molecule has 1 atom stereocenters. The monoisotopic (exact) mass is 206 g/mol. The van der Waals surface area contributed by atoms with E-state index in [-0.39, 0.29) is 11.8 Å². The molecule has 1 aromatic heterocycles. The molecule has 0 bridgehead atoms. The zero-order chi connectivity index (χ0) is 11.3. The Labute approximate surface area is 88.9 Å². The molecule has 0 fully saturated rings. The maximum absolute atomic E-state index is 8.72. The van der Waals surface area contributed by atoms with Crippen LogP contribution in [0.1, 0.15) is 12.6 Å². The lowest BCUT2D eigenvalue weighted by Crippen LogP contribution is -2.18. The SMILES string of the molecule is COC(C)CNc1ccc(N)c(C#N)n1. The van der Waals surface area contributed by atoms with Crippen molar-refractivity contribution in [2.45, 2.75) is 13.0 Å². The number of hydrogen-bond donors (Lipinski definition) is 2. The highest BCUT2D eigenvalue weighted by atomic mass is 16.5. The van der Waals surface area contributed by atoms with Crippen molar-refractivity contribution in [2.24, 2.45) is 0 Å². The van der Waals surface area contributed by atoms with Crippen molar-refractivity contribution < 1.29 is 4.74 Å². The number of hydrogen-bond acceptors (Lipinski definition) is 5. The highest BCUT2D eigenvalue weighted by molar-refractivity contribution is 5.54. The maximum Gasteiger partial charge on any atom is 0.165 e. The predicted octanol–water partition coefficient (Wildman–Crippen LogP) is 0.982. The molecule has 0 aliphatic carbocycles. The molecule has 1 aromatic rings. The molecule has 5 heteroatoms. The Balaban J connectivity index is 2.67. The summed E-state index contributed by atoms with van der Waals surface area (Å²) in [5.74, 6) is 0.629. The van der Waals surface area contributed by atoms with Gasteiger partial charge in [-0.1, -0.05) is 0 Å². The molecule has 80 valence electrons. The summed E-state index contributed by atoms with van der Waals surface area (Å²) in [7, 11) is 1.64. The Kier molecular flexibility index (Phi) is 3.89. The van der Waals surface area contributed by atoms with Gasteiger partial charge in [0.2, 0.25) is 0 Å². The molecular weight excluding hydrogens is 192 g/mol. The fraction of sp³-hybridized carbons (Fsp3) is 0.400. The Hall–Kier alpha value is -1.80. The van der Waals surface area contributed by atoms with Gasteiger partial charge in [0.1, 0.15) is 11.9 Å². The molecule has 0 saturated carbocycles. The van der Waals surface area contributed by atoms with Crippen LogP contribution in [-0.2, 0) is 4.74 Å². The maximum atomic E-state index is 8.72. The summed E-state index contributed by atoms with van der Waals surface area (Å²) in [5, 5.41) is 11.8. The second kappa shape index (κ2) is 5.17. The van der Waals surface area contributed by atoms with Crippen LogP contribution in [0, 0.1) is 11.3 Å². The van der Waals surface area contributed by atoms with Crippen molar-refractivity contribution in [1.82, 2.24) is 4.98 Å². The van der Waals surface area contributed by atoms with Gasteiger partial charge in [0.05, 0.1) is 11.8 Å². The van der Waals surface area contributed by atoms with E-state index in [1.165, 1.54) is 0 Å². The molecule has 3 N–H and O–H groups in total. The van der Waals surface area contributed by atoms with Crippen LogP contribution in [0.15, 0.2) is 12.1 Å². The van der Waals surface area contributed by atoms with Crippen LogP contribution >= 0.6 is 0 Å². The van der Waals surface area contributed by atoms with Crippen LogP contribution in [-0.4, -0.2) is 24.7 Å². The van der Waals surface area contributed by atoms with Gasteiger partial charge in [0.15, 0.2) is 5.69 Å². The Bertz CT molecular complexity index is 372. The Morgan fingerprint density at radius 2 is 2.40 bits per heavy atom. The number of methoxy groups -OCH3 is 1. The first-order chi connectivity index (χ1) is 7.17. The van der Waals surface area contributed by atoms with Gasteiger partial charge in [0.25, 0.3) is 0 Å². The molecule has 1 rings (SSSR count). The fourth-order valence-electron chi connectivity index (χ4n) is 0.990. The number of nitrogens with zero attached hydrogens (tertiary/aromatic N) is 2.